The van der Waals surface area contributed by atoms with Crippen LogP contribution in [-0.4, -0.2) is 49.6 Å². The van der Waals surface area contributed by atoms with Crippen molar-refractivity contribution in [2.45, 2.75) is 25.0 Å². The standard InChI is InChI=1S/C22H19N5O2/c1-12-8-16(26-19-18(12)24-11-25-20(19)23)14-5-3-4-13(9-14)6-7-22(29)15-10-17(15)27(2)21(22)28/h3-5,8-9,11,15,17,29H,10H2,1-2H3,(H2,23,24,25). The molecule has 144 valence electrons. The summed E-state index contributed by atoms with van der Waals surface area (Å²) in [5, 5.41) is 10.8. The lowest BCUT2D eigenvalue weighted by Crippen LogP contribution is -2.41. The number of nitrogen functional groups attached to an aromatic ring is 1. The Labute approximate surface area is 167 Å². The van der Waals surface area contributed by atoms with E-state index in [0.29, 0.717) is 16.9 Å². The smallest absolute Gasteiger partial charge is 0.267 e. The molecule has 1 saturated heterocycles. The van der Waals surface area contributed by atoms with Gasteiger partial charge in [-0.3, -0.25) is 4.79 Å². The molecule has 3 N–H and O–H groups in total. The Hall–Kier alpha value is -3.50. The molecule has 0 bridgehead atoms. The van der Waals surface area contributed by atoms with Gasteiger partial charge in [0.2, 0.25) is 5.60 Å². The van der Waals surface area contributed by atoms with E-state index >= 15 is 0 Å². The largest absolute Gasteiger partial charge is 0.382 e. The predicted octanol–water partition coefficient (Wildman–Crippen LogP) is 1.53. The Morgan fingerprint density at radius 2 is 2.10 bits per heavy atom. The van der Waals surface area contributed by atoms with Crippen LogP contribution >= 0.6 is 0 Å². The van der Waals surface area contributed by atoms with Crippen molar-refractivity contribution in [1.29, 1.82) is 0 Å². The van der Waals surface area contributed by atoms with Crippen LogP contribution in [0.4, 0.5) is 5.82 Å². The minimum absolute atomic E-state index is 0.0940. The number of nitrogens with zero attached hydrogens (tertiary/aromatic N) is 4. The molecule has 1 aliphatic carbocycles. The van der Waals surface area contributed by atoms with Gasteiger partial charge in [0.15, 0.2) is 5.82 Å². The van der Waals surface area contributed by atoms with Crippen LogP contribution in [0.3, 0.4) is 0 Å². The summed E-state index contributed by atoms with van der Waals surface area (Å²) in [5.41, 5.74) is 8.92. The van der Waals surface area contributed by atoms with Crippen LogP contribution in [0.5, 0.6) is 0 Å². The number of hydrogen-bond acceptors (Lipinski definition) is 6. The zero-order chi connectivity index (χ0) is 20.3. The van der Waals surface area contributed by atoms with E-state index in [1.165, 1.54) is 6.33 Å². The summed E-state index contributed by atoms with van der Waals surface area (Å²) >= 11 is 0. The molecule has 2 fully saturated rings. The number of aryl methyl sites for hydroxylation is 1. The summed E-state index contributed by atoms with van der Waals surface area (Å²) in [4.78, 5) is 26.8. The third-order valence-electron chi connectivity index (χ3n) is 5.80. The van der Waals surface area contributed by atoms with Gasteiger partial charge in [0, 0.05) is 30.1 Å². The molecule has 0 spiro atoms. The fraction of sp³-hybridized carbons (Fsp3) is 0.273. The number of carbonyl (C=O) groups is 1. The second-order valence-corrected chi connectivity index (χ2v) is 7.70. The van der Waals surface area contributed by atoms with Gasteiger partial charge >= 0.3 is 0 Å². The molecule has 3 aromatic rings. The molecular formula is C22H19N5O2. The maximum absolute atomic E-state index is 12.3. The lowest BCUT2D eigenvalue weighted by molar-refractivity contribution is -0.140. The first kappa shape index (κ1) is 17.6. The van der Waals surface area contributed by atoms with Crippen LogP contribution in [0, 0.1) is 24.7 Å². The van der Waals surface area contributed by atoms with Crippen molar-refractivity contribution in [2.24, 2.45) is 5.92 Å². The Morgan fingerprint density at radius 3 is 2.86 bits per heavy atom. The van der Waals surface area contributed by atoms with E-state index in [2.05, 4.69) is 26.8 Å². The van der Waals surface area contributed by atoms with Crippen LogP contribution < -0.4 is 5.73 Å². The molecule has 1 aliphatic heterocycles. The highest BCUT2D eigenvalue weighted by Gasteiger charge is 2.66. The molecule has 3 unspecified atom stereocenters. The van der Waals surface area contributed by atoms with E-state index in [1.54, 1.807) is 11.9 Å². The number of amides is 1. The average molecular weight is 385 g/mol. The van der Waals surface area contributed by atoms with E-state index in [-0.39, 0.29) is 17.9 Å². The SMILES string of the molecule is Cc1cc(-c2cccc(C#CC3(O)C(=O)N(C)C4CC43)c2)nc2c(N)ncnc12. The van der Waals surface area contributed by atoms with E-state index in [0.717, 1.165) is 28.8 Å². The van der Waals surface area contributed by atoms with Gasteiger partial charge < -0.3 is 15.7 Å². The zero-order valence-corrected chi connectivity index (χ0v) is 16.0. The monoisotopic (exact) mass is 385 g/mol. The number of aromatic nitrogens is 3. The molecule has 7 heteroatoms. The van der Waals surface area contributed by atoms with Crippen LogP contribution in [0.1, 0.15) is 17.5 Å². The summed E-state index contributed by atoms with van der Waals surface area (Å²) in [7, 11) is 1.72. The van der Waals surface area contributed by atoms with Crippen LogP contribution in [0.15, 0.2) is 36.7 Å². The van der Waals surface area contributed by atoms with Crippen molar-refractivity contribution in [1.82, 2.24) is 19.9 Å². The molecule has 3 heterocycles. The molecule has 29 heavy (non-hydrogen) atoms. The summed E-state index contributed by atoms with van der Waals surface area (Å²) in [6.07, 6.45) is 2.23. The van der Waals surface area contributed by atoms with Gasteiger partial charge in [0.25, 0.3) is 5.91 Å². The molecular weight excluding hydrogens is 366 g/mol. The summed E-state index contributed by atoms with van der Waals surface area (Å²) in [6, 6.07) is 9.59. The van der Waals surface area contributed by atoms with Crippen molar-refractivity contribution >= 4 is 22.8 Å². The van der Waals surface area contributed by atoms with Crippen molar-refractivity contribution in [3.05, 3.63) is 47.8 Å². The first-order valence-electron chi connectivity index (χ1n) is 9.39. The number of piperidine rings is 1. The number of rotatable bonds is 1. The second kappa shape index (κ2) is 6.00. The topological polar surface area (TPSA) is 105 Å². The fourth-order valence-electron chi connectivity index (χ4n) is 4.07. The number of likely N-dealkylation sites (tertiary alicyclic amines) is 1. The lowest BCUT2D eigenvalue weighted by atomic mass is 9.98. The quantitative estimate of drug-likeness (QED) is 0.616. The Bertz CT molecular complexity index is 1240. The summed E-state index contributed by atoms with van der Waals surface area (Å²) in [5.74, 6) is 5.74. The molecule has 1 saturated carbocycles. The Morgan fingerprint density at radius 1 is 1.28 bits per heavy atom. The second-order valence-electron chi connectivity index (χ2n) is 7.70. The zero-order valence-electron chi connectivity index (χ0n) is 16.0. The highest BCUT2D eigenvalue weighted by Crippen LogP contribution is 2.50. The Balaban J connectivity index is 1.53. The van der Waals surface area contributed by atoms with E-state index < -0.39 is 5.60 Å². The van der Waals surface area contributed by atoms with Gasteiger partial charge in [0.05, 0.1) is 11.2 Å². The van der Waals surface area contributed by atoms with Gasteiger partial charge in [0.1, 0.15) is 11.8 Å². The van der Waals surface area contributed by atoms with E-state index in [9.17, 15) is 9.90 Å². The fourth-order valence-corrected chi connectivity index (χ4v) is 4.07. The molecule has 1 amide bonds. The van der Waals surface area contributed by atoms with Gasteiger partial charge in [-0.25, -0.2) is 15.0 Å². The number of nitrogens with two attached hydrogens (primary N) is 1. The highest BCUT2D eigenvalue weighted by molar-refractivity contribution is 5.93. The third kappa shape index (κ3) is 2.64. The van der Waals surface area contributed by atoms with Gasteiger partial charge in [-0.15, -0.1) is 0 Å². The number of carbonyl (C=O) groups excluding carboxylic acids is 1. The predicted molar refractivity (Wildman–Crippen MR) is 108 cm³/mol. The van der Waals surface area contributed by atoms with Crippen molar-refractivity contribution in [3.8, 4) is 23.1 Å². The molecule has 2 aliphatic rings. The third-order valence-corrected chi connectivity index (χ3v) is 5.80. The first-order chi connectivity index (χ1) is 13.9. The number of anilines is 1. The molecule has 2 aromatic heterocycles. The summed E-state index contributed by atoms with van der Waals surface area (Å²) in [6.45, 7) is 1.95. The van der Waals surface area contributed by atoms with Gasteiger partial charge in [-0.05, 0) is 37.1 Å². The maximum Gasteiger partial charge on any atom is 0.267 e. The number of aliphatic hydroxyl groups is 1. The number of hydrogen-bond donors (Lipinski definition) is 2. The minimum Gasteiger partial charge on any atom is -0.382 e. The average Bonchev–Trinajstić information content (AvgIpc) is 3.50. The number of fused-ring (bicyclic) bond motifs is 2. The van der Waals surface area contributed by atoms with Gasteiger partial charge in [-0.2, -0.15) is 0 Å². The van der Waals surface area contributed by atoms with Crippen molar-refractivity contribution in [2.75, 3.05) is 12.8 Å². The molecule has 7 nitrogen and oxygen atoms in total. The Kier molecular flexibility index (Phi) is 3.64. The van der Waals surface area contributed by atoms with Crippen molar-refractivity contribution < 1.29 is 9.90 Å². The number of pyridine rings is 1. The summed E-state index contributed by atoms with van der Waals surface area (Å²) < 4.78 is 0. The molecule has 1 aromatic carbocycles. The number of likely N-dealkylation sites (N-methyl/N-ethyl adjacent to an activating group) is 1. The molecule has 5 rings (SSSR count). The van der Waals surface area contributed by atoms with Crippen LogP contribution in [-0.2, 0) is 4.79 Å². The van der Waals surface area contributed by atoms with Crippen LogP contribution in [0.25, 0.3) is 22.3 Å². The molecule has 3 atom stereocenters. The van der Waals surface area contributed by atoms with E-state index in [1.807, 2.05) is 37.3 Å². The van der Waals surface area contributed by atoms with Gasteiger partial charge in [-0.1, -0.05) is 24.0 Å². The first-order valence-corrected chi connectivity index (χ1v) is 9.39. The lowest BCUT2D eigenvalue weighted by Gasteiger charge is -2.18. The van der Waals surface area contributed by atoms with Crippen LogP contribution in [0.2, 0.25) is 0 Å². The minimum atomic E-state index is -1.58. The normalized spacial score (nSPS) is 24.9. The number of benzene rings is 1. The maximum atomic E-state index is 12.3. The highest BCUT2D eigenvalue weighted by atomic mass is 16.3. The molecule has 0 radical (unpaired) electrons. The van der Waals surface area contributed by atoms with E-state index in [4.69, 9.17) is 5.73 Å². The van der Waals surface area contributed by atoms with Crippen molar-refractivity contribution in [3.63, 3.8) is 0 Å².